The normalized spacial score (nSPS) is 23.8. The zero-order valence-corrected chi connectivity index (χ0v) is 35.0. The molecule has 1 aliphatic heterocycles. The van der Waals surface area contributed by atoms with Gasteiger partial charge in [-0.15, -0.1) is 18.3 Å². The Morgan fingerprint density at radius 1 is 1.02 bits per heavy atom. The Balaban J connectivity index is 1.46. The van der Waals surface area contributed by atoms with Crippen LogP contribution in [0.25, 0.3) is 0 Å². The van der Waals surface area contributed by atoms with Crippen LogP contribution in [0.15, 0.2) is 107 Å². The lowest BCUT2D eigenvalue weighted by molar-refractivity contribution is -0.255. The number of amides is 1. The number of carbonyl (C=O) groups excluding carboxylic acids is 1. The number of aliphatic hydroxyl groups is 2. The van der Waals surface area contributed by atoms with E-state index in [1.54, 1.807) is 29.8 Å². The maximum atomic E-state index is 14.4. The number of hydrogen-bond acceptors (Lipinski definition) is 10. The quantitative estimate of drug-likeness (QED) is 0.0448. The Labute approximate surface area is 348 Å². The molecule has 2 N–H and O–H groups in total. The number of aliphatic hydroxyl groups excluding tert-OH is 2. The second-order valence-corrected chi connectivity index (χ2v) is 16.4. The average molecular weight is 813 g/mol. The molecule has 3 aromatic carbocycles. The first-order valence-corrected chi connectivity index (χ1v) is 21.8. The van der Waals surface area contributed by atoms with Crippen LogP contribution in [-0.2, 0) is 20.8 Å². The lowest BCUT2D eigenvalue weighted by Crippen LogP contribution is -2.69. The number of ether oxygens (including phenoxy) is 4. The van der Waals surface area contributed by atoms with E-state index in [1.165, 1.54) is 4.90 Å². The number of rotatable bonds is 22. The predicted octanol–water partition coefficient (Wildman–Crippen LogP) is 8.22. The fraction of sp³-hybridized carbons (Fsp3) is 0.489. The molecule has 2 aliphatic carbocycles. The van der Waals surface area contributed by atoms with Crippen LogP contribution in [0.2, 0.25) is 0 Å². The minimum Gasteiger partial charge on any atom is -0.497 e. The summed E-state index contributed by atoms with van der Waals surface area (Å²) in [6.45, 7) is 7.32. The first kappa shape index (κ1) is 43.3. The number of nitrogens with zero attached hydrogens (tertiary/aromatic N) is 2. The number of allylic oxidation sites excluding steroid dienone is 1. The summed E-state index contributed by atoms with van der Waals surface area (Å²) in [7, 11) is 3.45. The Kier molecular flexibility index (Phi) is 15.8. The molecule has 10 nitrogen and oxygen atoms in total. The van der Waals surface area contributed by atoms with Crippen molar-refractivity contribution in [1.82, 2.24) is 4.90 Å². The molecule has 1 heterocycles. The standard InChI is InChI=1S/C47H60N2O8S/c1-5-25-55-47-43(49(3)44(52)29-33-15-14-17-35(28-33)53-4)32-41(48-56-6-2)39-30-34(16-10-12-23-50)38(20-11-13-24-51)45(46(39)47)40-31-36(21-22-42(40)57-47)54-26-27-58-37-18-8-7-9-19-37/h5,7-9,14-15,17-19,21-22,28,30-31,34,38,43,45-46,50-51H,1,6,10-13,16,20,23-27,29,32H2,2-4H3. The molecular weight excluding hydrogens is 753 g/mol. The van der Waals surface area contributed by atoms with Crippen LogP contribution in [0, 0.1) is 17.8 Å². The molecule has 312 valence electrons. The van der Waals surface area contributed by atoms with Crippen LogP contribution >= 0.6 is 11.8 Å². The summed E-state index contributed by atoms with van der Waals surface area (Å²) in [5.41, 5.74) is 3.66. The average Bonchev–Trinajstić information content (AvgIpc) is 3.25. The van der Waals surface area contributed by atoms with Crippen molar-refractivity contribution in [2.45, 2.75) is 80.9 Å². The monoisotopic (exact) mass is 812 g/mol. The third-order valence-corrected chi connectivity index (χ3v) is 12.6. The largest absolute Gasteiger partial charge is 0.497 e. The van der Waals surface area contributed by atoms with Crippen molar-refractivity contribution in [1.29, 1.82) is 0 Å². The van der Waals surface area contributed by atoms with Gasteiger partial charge in [-0.1, -0.05) is 60.5 Å². The van der Waals surface area contributed by atoms with Gasteiger partial charge in [0.1, 0.15) is 29.9 Å². The number of hydrogen-bond donors (Lipinski definition) is 2. The van der Waals surface area contributed by atoms with Crippen molar-refractivity contribution in [2.75, 3.05) is 52.9 Å². The van der Waals surface area contributed by atoms with E-state index in [1.807, 2.05) is 68.6 Å². The van der Waals surface area contributed by atoms with Crippen LogP contribution in [0.1, 0.15) is 68.9 Å². The van der Waals surface area contributed by atoms with Gasteiger partial charge in [0.05, 0.1) is 38.4 Å². The van der Waals surface area contributed by atoms with Gasteiger partial charge in [-0.2, -0.15) is 0 Å². The summed E-state index contributed by atoms with van der Waals surface area (Å²) in [4.78, 5) is 23.2. The lowest BCUT2D eigenvalue weighted by atomic mass is 9.55. The van der Waals surface area contributed by atoms with Gasteiger partial charge in [0.2, 0.25) is 11.7 Å². The third-order valence-electron chi connectivity index (χ3n) is 11.7. The van der Waals surface area contributed by atoms with Crippen molar-refractivity contribution in [3.8, 4) is 17.2 Å². The SMILES string of the molecule is C=CCOC12Oc3ccc(OCCSc4ccccc4)cc3C3C(CCCCO)C(CCCCO)C=C(C(=NOCC)CC1N(C)C(=O)Cc1cccc(OC)c1)C32. The van der Waals surface area contributed by atoms with E-state index in [4.69, 9.17) is 28.9 Å². The van der Waals surface area contributed by atoms with Crippen molar-refractivity contribution in [3.05, 3.63) is 108 Å². The van der Waals surface area contributed by atoms with E-state index in [9.17, 15) is 15.0 Å². The van der Waals surface area contributed by atoms with Crippen molar-refractivity contribution in [3.63, 3.8) is 0 Å². The Hall–Kier alpha value is -4.29. The van der Waals surface area contributed by atoms with Crippen LogP contribution in [0.4, 0.5) is 0 Å². The van der Waals surface area contributed by atoms with Crippen LogP contribution < -0.4 is 14.2 Å². The molecule has 1 saturated carbocycles. The summed E-state index contributed by atoms with van der Waals surface area (Å²) < 4.78 is 26.2. The summed E-state index contributed by atoms with van der Waals surface area (Å²) >= 11 is 1.76. The maximum Gasteiger partial charge on any atom is 0.239 e. The Bertz CT molecular complexity index is 1870. The molecule has 11 heteroatoms. The van der Waals surface area contributed by atoms with Gasteiger partial charge in [0.15, 0.2) is 0 Å². The minimum absolute atomic E-state index is 0.0942. The molecule has 0 saturated heterocycles. The molecule has 1 amide bonds. The van der Waals surface area contributed by atoms with Gasteiger partial charge in [-0.3, -0.25) is 4.79 Å². The number of thioether (sulfide) groups is 1. The summed E-state index contributed by atoms with van der Waals surface area (Å²) in [6, 6.07) is 23.4. The molecule has 0 radical (unpaired) electrons. The number of unbranched alkanes of at least 4 members (excludes halogenated alkanes) is 2. The first-order valence-electron chi connectivity index (χ1n) is 20.8. The first-order chi connectivity index (χ1) is 28.4. The topological polar surface area (TPSA) is 119 Å². The number of fused-ring (bicyclic) bond motifs is 2. The van der Waals surface area contributed by atoms with Gasteiger partial charge >= 0.3 is 0 Å². The molecule has 3 aliphatic rings. The van der Waals surface area contributed by atoms with Crippen LogP contribution in [0.3, 0.4) is 0 Å². The van der Waals surface area contributed by atoms with E-state index in [-0.39, 0.29) is 55.8 Å². The third kappa shape index (κ3) is 9.93. The van der Waals surface area contributed by atoms with Crippen LogP contribution in [-0.4, -0.2) is 91.5 Å². The molecular formula is C47H60N2O8S. The highest BCUT2D eigenvalue weighted by atomic mass is 32.2. The molecule has 0 spiro atoms. The van der Waals surface area contributed by atoms with E-state index >= 15 is 0 Å². The number of carbonyl (C=O) groups is 1. The van der Waals surface area contributed by atoms with E-state index in [0.29, 0.717) is 44.0 Å². The molecule has 1 fully saturated rings. The highest BCUT2D eigenvalue weighted by molar-refractivity contribution is 7.99. The molecule has 0 bridgehead atoms. The van der Waals surface area contributed by atoms with Crippen molar-refractivity contribution in [2.24, 2.45) is 22.9 Å². The van der Waals surface area contributed by atoms with Gasteiger partial charge < -0.3 is 38.9 Å². The molecule has 6 unspecified atom stereocenters. The smallest absolute Gasteiger partial charge is 0.239 e. The molecule has 58 heavy (non-hydrogen) atoms. The highest BCUT2D eigenvalue weighted by Crippen LogP contribution is 2.61. The number of benzene rings is 3. The van der Waals surface area contributed by atoms with Crippen LogP contribution in [0.5, 0.6) is 17.2 Å². The molecule has 0 aromatic heterocycles. The molecule has 3 aromatic rings. The van der Waals surface area contributed by atoms with Gasteiger partial charge in [-0.25, -0.2) is 0 Å². The summed E-state index contributed by atoms with van der Waals surface area (Å²) in [5, 5.41) is 24.5. The summed E-state index contributed by atoms with van der Waals surface area (Å²) in [5.74, 6) is 1.32. The van der Waals surface area contributed by atoms with E-state index in [0.717, 1.165) is 59.6 Å². The lowest BCUT2D eigenvalue weighted by Gasteiger charge is -2.59. The molecule has 6 atom stereocenters. The Morgan fingerprint density at radius 3 is 2.55 bits per heavy atom. The molecule has 6 rings (SSSR count). The Morgan fingerprint density at radius 2 is 1.81 bits per heavy atom. The fourth-order valence-corrected chi connectivity index (χ4v) is 9.80. The summed E-state index contributed by atoms with van der Waals surface area (Å²) in [6.07, 6.45) is 9.45. The number of methoxy groups -OCH3 is 1. The fourth-order valence-electron chi connectivity index (χ4n) is 9.05. The highest BCUT2D eigenvalue weighted by Gasteiger charge is 2.65. The minimum atomic E-state index is -1.30. The zero-order chi connectivity index (χ0) is 40.9. The maximum absolute atomic E-state index is 14.4. The van der Waals surface area contributed by atoms with E-state index < -0.39 is 11.8 Å². The van der Waals surface area contributed by atoms with Gasteiger partial charge in [0.25, 0.3) is 0 Å². The van der Waals surface area contributed by atoms with Crippen molar-refractivity contribution >= 4 is 23.4 Å². The zero-order valence-electron chi connectivity index (χ0n) is 34.2. The van der Waals surface area contributed by atoms with Gasteiger partial charge in [0, 0.05) is 48.8 Å². The second-order valence-electron chi connectivity index (χ2n) is 15.2. The number of oxime groups is 1. The van der Waals surface area contributed by atoms with E-state index in [2.05, 4.69) is 30.9 Å². The predicted molar refractivity (Wildman–Crippen MR) is 229 cm³/mol. The number of likely N-dealkylation sites (N-methyl/N-ethyl adjacent to an activating group) is 1. The second kappa shape index (κ2) is 21.1. The van der Waals surface area contributed by atoms with Gasteiger partial charge in [-0.05, 0) is 98.0 Å². The van der Waals surface area contributed by atoms with Crippen molar-refractivity contribution < 1.29 is 38.8 Å².